The van der Waals surface area contributed by atoms with Crippen molar-refractivity contribution in [1.82, 2.24) is 0 Å². The minimum Gasteiger partial charge on any atom is -0.330 e. The van der Waals surface area contributed by atoms with Gasteiger partial charge in [0.1, 0.15) is 0 Å². The zero-order chi connectivity index (χ0) is 11.7. The Morgan fingerprint density at radius 3 is 2.38 bits per heavy atom. The maximum atomic E-state index is 5.91. The van der Waals surface area contributed by atoms with E-state index in [0.717, 1.165) is 30.2 Å². The maximum Gasteiger partial charge on any atom is -0.00376 e. The van der Waals surface area contributed by atoms with Gasteiger partial charge in [0.05, 0.1) is 0 Å². The first-order valence-electron chi connectivity index (χ1n) is 6.80. The molecule has 90 valence electrons. The lowest BCUT2D eigenvalue weighted by Crippen LogP contribution is -2.48. The smallest absolute Gasteiger partial charge is 0.00376 e. The Hall–Kier alpha value is -0.300. The Labute approximate surface area is 99.5 Å². The molecule has 4 aliphatic rings. The molecule has 4 aliphatic carbocycles. The average molecular weight is 219 g/mol. The van der Waals surface area contributed by atoms with Crippen LogP contribution in [0.15, 0.2) is 11.6 Å². The van der Waals surface area contributed by atoms with E-state index in [0.29, 0.717) is 10.8 Å². The molecule has 0 aromatic heterocycles. The number of hydrogen-bond acceptors (Lipinski definition) is 1. The van der Waals surface area contributed by atoms with E-state index >= 15 is 0 Å². The molecule has 2 bridgehead atoms. The zero-order valence-electron chi connectivity index (χ0n) is 11.1. The molecule has 4 rings (SSSR count). The van der Waals surface area contributed by atoms with Crippen LogP contribution in [0.5, 0.6) is 0 Å². The Kier molecular flexibility index (Phi) is 1.98. The molecule has 2 saturated carbocycles. The summed E-state index contributed by atoms with van der Waals surface area (Å²) in [5, 5.41) is 0. The summed E-state index contributed by atoms with van der Waals surface area (Å²) >= 11 is 0. The van der Waals surface area contributed by atoms with Gasteiger partial charge in [-0.15, -0.1) is 0 Å². The molecule has 16 heavy (non-hydrogen) atoms. The summed E-state index contributed by atoms with van der Waals surface area (Å²) in [5.41, 5.74) is 8.72. The van der Waals surface area contributed by atoms with E-state index in [-0.39, 0.29) is 0 Å². The quantitative estimate of drug-likeness (QED) is 0.709. The Morgan fingerprint density at radius 1 is 1.25 bits per heavy atom. The van der Waals surface area contributed by atoms with E-state index in [2.05, 4.69) is 33.8 Å². The van der Waals surface area contributed by atoms with Gasteiger partial charge in [-0.05, 0) is 53.9 Å². The fourth-order valence-electron chi connectivity index (χ4n) is 4.59. The lowest BCUT2D eigenvalue weighted by atomic mass is 9.48. The van der Waals surface area contributed by atoms with E-state index in [4.69, 9.17) is 5.73 Å². The van der Waals surface area contributed by atoms with E-state index in [1.165, 1.54) is 12.8 Å². The van der Waals surface area contributed by atoms with E-state index in [1.807, 2.05) is 0 Å². The van der Waals surface area contributed by atoms with Crippen LogP contribution in [0.4, 0.5) is 0 Å². The molecule has 1 nitrogen and oxygen atoms in total. The van der Waals surface area contributed by atoms with Gasteiger partial charge < -0.3 is 5.73 Å². The highest BCUT2D eigenvalue weighted by Gasteiger charge is 2.63. The van der Waals surface area contributed by atoms with Crippen molar-refractivity contribution in [3.05, 3.63) is 11.6 Å². The van der Waals surface area contributed by atoms with Crippen molar-refractivity contribution in [3.63, 3.8) is 0 Å². The van der Waals surface area contributed by atoms with Gasteiger partial charge in [0.25, 0.3) is 0 Å². The lowest BCUT2D eigenvalue weighted by Gasteiger charge is -2.57. The second-order valence-electron chi connectivity index (χ2n) is 7.39. The van der Waals surface area contributed by atoms with Gasteiger partial charge in [-0.25, -0.2) is 0 Å². The first kappa shape index (κ1) is 10.8. The number of nitrogens with two attached hydrogens (primary N) is 1. The number of hydrogen-bond donors (Lipinski definition) is 1. The molecule has 0 radical (unpaired) electrons. The van der Waals surface area contributed by atoms with E-state index in [1.54, 1.807) is 5.57 Å². The third-order valence-corrected chi connectivity index (χ3v) is 6.17. The summed E-state index contributed by atoms with van der Waals surface area (Å²) in [6.45, 7) is 10.6. The van der Waals surface area contributed by atoms with Crippen LogP contribution in [-0.4, -0.2) is 6.54 Å². The van der Waals surface area contributed by atoms with E-state index in [9.17, 15) is 0 Å². The van der Waals surface area contributed by atoms with Crippen molar-refractivity contribution >= 4 is 0 Å². The Bertz CT molecular complexity index is 350. The predicted octanol–water partition coefficient (Wildman–Crippen LogP) is 3.21. The van der Waals surface area contributed by atoms with Crippen LogP contribution < -0.4 is 5.73 Å². The second kappa shape index (κ2) is 2.93. The number of fused-ring (bicyclic) bond motifs is 1. The molecule has 0 aliphatic heterocycles. The molecule has 4 atom stereocenters. The molecule has 0 aromatic carbocycles. The summed E-state index contributed by atoms with van der Waals surface area (Å²) < 4.78 is 0. The van der Waals surface area contributed by atoms with Crippen molar-refractivity contribution in [2.75, 3.05) is 6.54 Å². The second-order valence-corrected chi connectivity index (χ2v) is 7.39. The highest BCUT2D eigenvalue weighted by atomic mass is 14.7. The minimum atomic E-state index is 0.471. The molecule has 0 heterocycles. The molecule has 0 aromatic rings. The highest BCUT2D eigenvalue weighted by Crippen LogP contribution is 2.69. The first-order valence-corrected chi connectivity index (χ1v) is 6.80. The predicted molar refractivity (Wildman–Crippen MR) is 67.9 cm³/mol. The standard InChI is InChI=1S/C15H25N/c1-14(2)9-5-6-10(11(14)7-9)13-12(8-16)15(13,3)4/h6,9,11-13H,5,7-8,16H2,1-4H3. The summed E-state index contributed by atoms with van der Waals surface area (Å²) in [5.74, 6) is 3.36. The summed E-state index contributed by atoms with van der Waals surface area (Å²) in [7, 11) is 0. The monoisotopic (exact) mass is 219 g/mol. The van der Waals surface area contributed by atoms with Crippen molar-refractivity contribution in [2.45, 2.75) is 40.5 Å². The van der Waals surface area contributed by atoms with Crippen LogP contribution in [0.25, 0.3) is 0 Å². The van der Waals surface area contributed by atoms with Gasteiger partial charge in [-0.1, -0.05) is 39.3 Å². The lowest BCUT2D eigenvalue weighted by molar-refractivity contribution is -0.0107. The summed E-state index contributed by atoms with van der Waals surface area (Å²) in [6.07, 6.45) is 5.33. The SMILES string of the molecule is CC1(C)C2CC=C(C3C(CN)C3(C)C)C1C2. The van der Waals surface area contributed by atoms with Crippen LogP contribution in [0.3, 0.4) is 0 Å². The van der Waals surface area contributed by atoms with Crippen LogP contribution in [0, 0.1) is 34.5 Å². The van der Waals surface area contributed by atoms with Crippen LogP contribution in [-0.2, 0) is 0 Å². The van der Waals surface area contributed by atoms with Gasteiger partial charge >= 0.3 is 0 Å². The molecular weight excluding hydrogens is 194 g/mol. The Morgan fingerprint density at radius 2 is 1.94 bits per heavy atom. The zero-order valence-corrected chi connectivity index (χ0v) is 11.1. The van der Waals surface area contributed by atoms with Crippen molar-refractivity contribution in [3.8, 4) is 0 Å². The first-order chi connectivity index (χ1) is 7.40. The molecule has 1 heteroatoms. The van der Waals surface area contributed by atoms with Gasteiger partial charge in [0.15, 0.2) is 0 Å². The molecular formula is C15H25N. The van der Waals surface area contributed by atoms with Crippen LogP contribution in [0.2, 0.25) is 0 Å². The fourth-order valence-corrected chi connectivity index (χ4v) is 4.59. The third kappa shape index (κ3) is 1.11. The van der Waals surface area contributed by atoms with Crippen molar-refractivity contribution in [2.24, 2.45) is 40.2 Å². The molecule has 0 amide bonds. The van der Waals surface area contributed by atoms with Gasteiger partial charge in [-0.3, -0.25) is 0 Å². The largest absolute Gasteiger partial charge is 0.330 e. The molecule has 2 N–H and O–H groups in total. The van der Waals surface area contributed by atoms with Crippen molar-refractivity contribution in [1.29, 1.82) is 0 Å². The minimum absolute atomic E-state index is 0.471. The topological polar surface area (TPSA) is 26.0 Å². The molecule has 4 unspecified atom stereocenters. The van der Waals surface area contributed by atoms with Crippen LogP contribution in [0.1, 0.15) is 40.5 Å². The molecule has 0 saturated heterocycles. The van der Waals surface area contributed by atoms with E-state index < -0.39 is 0 Å². The van der Waals surface area contributed by atoms with Gasteiger partial charge in [0, 0.05) is 0 Å². The third-order valence-electron chi connectivity index (χ3n) is 6.17. The number of allylic oxidation sites excluding steroid dienone is 2. The maximum absolute atomic E-state index is 5.91. The fraction of sp³-hybridized carbons (Fsp3) is 0.867. The highest BCUT2D eigenvalue weighted by molar-refractivity contribution is 5.33. The van der Waals surface area contributed by atoms with Crippen LogP contribution >= 0.6 is 0 Å². The number of rotatable bonds is 2. The van der Waals surface area contributed by atoms with Crippen molar-refractivity contribution < 1.29 is 0 Å². The molecule has 0 spiro atoms. The van der Waals surface area contributed by atoms with Gasteiger partial charge in [-0.2, -0.15) is 0 Å². The Balaban J connectivity index is 1.85. The normalized spacial score (nSPS) is 46.9. The summed E-state index contributed by atoms with van der Waals surface area (Å²) in [4.78, 5) is 0. The average Bonchev–Trinajstić information content (AvgIpc) is 2.80. The van der Waals surface area contributed by atoms with Gasteiger partial charge in [0.2, 0.25) is 0 Å². The summed E-state index contributed by atoms with van der Waals surface area (Å²) in [6, 6.07) is 0. The molecule has 2 fully saturated rings.